The van der Waals surface area contributed by atoms with Crippen LogP contribution < -0.4 is 48.7 Å². The number of likely N-dealkylation sites (tertiary alicyclic amines) is 1. The van der Waals surface area contributed by atoms with Gasteiger partial charge in [0.05, 0.1) is 24.9 Å². The second-order valence-electron chi connectivity index (χ2n) is 18.7. The highest BCUT2D eigenvalue weighted by Crippen LogP contribution is 2.25. The highest BCUT2D eigenvalue weighted by Gasteiger charge is 2.41. The number of amides is 8. The number of ether oxygens (including phenoxy) is 1. The summed E-state index contributed by atoms with van der Waals surface area (Å²) in [5, 5.41) is 37.5. The molecule has 3 aliphatic rings. The SMILES string of the molecule is NC(N)=NCCC[C@@H]1NC(=O)CNC(=O)[C@H](CC(=O)O)NC(=O)[C@@H](Cc2ccc(O)cc2)NC(=O)[C@H](CCCCNC(=O)CCCC(=O)N[C@H]2C[C@@H](C(=O)OCC3CCCCCCC3)N(C(=O)CBr)C2)NC1=O. The molecular formula is C48H72BrN11O13. The molecule has 8 amide bonds. The van der Waals surface area contributed by atoms with Crippen molar-refractivity contribution in [2.75, 3.05) is 38.1 Å². The number of halogens is 1. The van der Waals surface area contributed by atoms with E-state index in [2.05, 4.69) is 58.1 Å². The Labute approximate surface area is 432 Å². The first-order chi connectivity index (χ1) is 34.9. The molecule has 0 bridgehead atoms. The molecule has 404 valence electrons. The van der Waals surface area contributed by atoms with Gasteiger partial charge in [-0.3, -0.25) is 48.1 Å². The van der Waals surface area contributed by atoms with Crippen LogP contribution in [-0.4, -0.2) is 155 Å². The molecule has 1 aromatic rings. The summed E-state index contributed by atoms with van der Waals surface area (Å²) < 4.78 is 5.72. The normalized spacial score (nSPS) is 22.5. The number of aliphatic carboxylic acids is 1. The van der Waals surface area contributed by atoms with Crippen LogP contribution in [0.4, 0.5) is 0 Å². The first-order valence-electron chi connectivity index (χ1n) is 25.0. The number of nitrogens with one attached hydrogen (secondary N) is 7. The predicted octanol–water partition coefficient (Wildman–Crippen LogP) is -0.627. The van der Waals surface area contributed by atoms with Crippen LogP contribution >= 0.6 is 15.9 Å². The number of carbonyl (C=O) groups is 10. The standard InChI is InChI=1S/C48H72BrN11O13/c49-25-41(65)60-27-31(23-37(60)47(72)73-28-30-10-4-2-1-3-5-11-30)55-39(63)15-8-14-38(62)52-20-7-6-12-34-45(70)58-35(22-29-16-18-32(61)19-17-29)46(71)59-36(24-42(66)67)43(68)54-26-40(64)56-33(44(69)57-34)13-9-21-53-48(50)51/h16-19,30-31,33-37,61H,1-15,20-28H2,(H,52,62)(H,54,68)(H,55,63)(H,56,64)(H,57,69)(H,58,70)(H,59,71)(H,66,67)(H4,50,51,53)/t31-,33-,34-,35+,36-,37-/m0/s1. The summed E-state index contributed by atoms with van der Waals surface area (Å²) in [6, 6.07) is -1.26. The summed E-state index contributed by atoms with van der Waals surface area (Å²) >= 11 is 3.19. The number of esters is 1. The summed E-state index contributed by atoms with van der Waals surface area (Å²) in [7, 11) is 0. The Balaban J connectivity index is 1.34. The van der Waals surface area contributed by atoms with Crippen LogP contribution in [0, 0.1) is 5.92 Å². The summed E-state index contributed by atoms with van der Waals surface area (Å²) in [5.74, 6) is -7.27. The summed E-state index contributed by atoms with van der Waals surface area (Å²) in [6.45, 7) is 0.00866. The van der Waals surface area contributed by atoms with Gasteiger partial charge in [-0.15, -0.1) is 0 Å². The summed E-state index contributed by atoms with van der Waals surface area (Å²) in [5.41, 5.74) is 11.3. The average Bonchev–Trinajstić information content (AvgIpc) is 3.76. The Morgan fingerprint density at radius 1 is 0.767 bits per heavy atom. The lowest BCUT2D eigenvalue weighted by molar-refractivity contribution is -0.154. The first-order valence-corrected chi connectivity index (χ1v) is 26.2. The lowest BCUT2D eigenvalue weighted by Crippen LogP contribution is -2.58. The minimum Gasteiger partial charge on any atom is -0.508 e. The van der Waals surface area contributed by atoms with Gasteiger partial charge in [0.1, 0.15) is 36.0 Å². The molecule has 24 nitrogen and oxygen atoms in total. The number of aromatic hydroxyl groups is 1. The van der Waals surface area contributed by atoms with Gasteiger partial charge in [-0.1, -0.05) is 60.2 Å². The van der Waals surface area contributed by atoms with Gasteiger partial charge in [-0.05, 0) is 75.0 Å². The number of hydrogen-bond acceptors (Lipinski definition) is 13. The smallest absolute Gasteiger partial charge is 0.328 e. The summed E-state index contributed by atoms with van der Waals surface area (Å²) in [6.07, 6.45) is 7.89. The van der Waals surface area contributed by atoms with E-state index in [4.69, 9.17) is 16.2 Å². The Morgan fingerprint density at radius 3 is 2.05 bits per heavy atom. The minimum absolute atomic E-state index is 0.00962. The van der Waals surface area contributed by atoms with Crippen molar-refractivity contribution in [1.29, 1.82) is 0 Å². The Hall–Kier alpha value is -6.53. The molecule has 0 radical (unpaired) electrons. The van der Waals surface area contributed by atoms with Crippen molar-refractivity contribution in [3.05, 3.63) is 29.8 Å². The average molecular weight is 1090 g/mol. The second kappa shape index (κ2) is 31.1. The fourth-order valence-electron chi connectivity index (χ4n) is 8.87. The third-order valence-electron chi connectivity index (χ3n) is 12.8. The zero-order chi connectivity index (χ0) is 53.3. The number of carbonyl (C=O) groups excluding carboxylic acids is 9. The number of aliphatic imine (C=N–C) groups is 1. The van der Waals surface area contributed by atoms with E-state index in [1.165, 1.54) is 48.4 Å². The van der Waals surface area contributed by atoms with Crippen LogP contribution in [0.2, 0.25) is 0 Å². The van der Waals surface area contributed by atoms with Crippen molar-refractivity contribution in [3.8, 4) is 5.75 Å². The van der Waals surface area contributed by atoms with Gasteiger partial charge in [0.2, 0.25) is 47.3 Å². The topological polar surface area (TPSA) is 372 Å². The van der Waals surface area contributed by atoms with Gasteiger partial charge >= 0.3 is 11.9 Å². The van der Waals surface area contributed by atoms with Gasteiger partial charge in [0.15, 0.2) is 5.96 Å². The molecule has 2 heterocycles. The molecule has 3 fully saturated rings. The quantitative estimate of drug-likeness (QED) is 0.0227. The van der Waals surface area contributed by atoms with Gasteiger partial charge in [0, 0.05) is 51.4 Å². The number of benzene rings is 1. The predicted molar refractivity (Wildman–Crippen MR) is 268 cm³/mol. The van der Waals surface area contributed by atoms with Crippen molar-refractivity contribution in [1.82, 2.24) is 42.1 Å². The van der Waals surface area contributed by atoms with Crippen molar-refractivity contribution >= 4 is 81.1 Å². The third-order valence-corrected chi connectivity index (χ3v) is 13.3. The van der Waals surface area contributed by atoms with Crippen molar-refractivity contribution in [2.24, 2.45) is 22.4 Å². The number of guanidine groups is 1. The van der Waals surface area contributed by atoms with E-state index in [0.717, 1.165) is 25.7 Å². The van der Waals surface area contributed by atoms with Crippen molar-refractivity contribution < 1.29 is 62.9 Å². The highest BCUT2D eigenvalue weighted by molar-refractivity contribution is 9.09. The molecule has 0 aromatic heterocycles. The lowest BCUT2D eigenvalue weighted by Gasteiger charge is -2.26. The molecule has 13 N–H and O–H groups in total. The molecule has 1 aliphatic carbocycles. The van der Waals surface area contributed by atoms with Gasteiger partial charge < -0.3 is 68.5 Å². The monoisotopic (exact) mass is 1090 g/mol. The molecule has 1 aromatic carbocycles. The molecule has 2 saturated heterocycles. The second-order valence-corrected chi connectivity index (χ2v) is 19.2. The largest absolute Gasteiger partial charge is 0.508 e. The Morgan fingerprint density at radius 2 is 1.38 bits per heavy atom. The van der Waals surface area contributed by atoms with E-state index in [9.17, 15) is 58.2 Å². The molecule has 73 heavy (non-hydrogen) atoms. The van der Waals surface area contributed by atoms with Crippen LogP contribution in [0.5, 0.6) is 5.75 Å². The van der Waals surface area contributed by atoms with Crippen molar-refractivity contribution in [3.63, 3.8) is 0 Å². The van der Waals surface area contributed by atoms with E-state index in [1.54, 1.807) is 0 Å². The van der Waals surface area contributed by atoms with E-state index in [1.807, 2.05) is 0 Å². The van der Waals surface area contributed by atoms with Crippen LogP contribution in [0.25, 0.3) is 0 Å². The summed E-state index contributed by atoms with van der Waals surface area (Å²) in [4.78, 5) is 137. The van der Waals surface area contributed by atoms with Crippen LogP contribution in [0.3, 0.4) is 0 Å². The van der Waals surface area contributed by atoms with E-state index >= 15 is 0 Å². The fraction of sp³-hybridized carbons (Fsp3) is 0.646. The Kier molecular flexibility index (Phi) is 25.2. The molecule has 0 unspecified atom stereocenters. The number of rotatable bonds is 22. The maximum absolute atomic E-state index is 14.1. The van der Waals surface area contributed by atoms with Crippen LogP contribution in [0.15, 0.2) is 29.3 Å². The number of nitrogens with two attached hydrogens (primary N) is 2. The van der Waals surface area contributed by atoms with E-state index in [0.29, 0.717) is 18.6 Å². The molecule has 4 rings (SSSR count). The zero-order valence-electron chi connectivity index (χ0n) is 41.1. The fourth-order valence-corrected chi connectivity index (χ4v) is 9.20. The van der Waals surface area contributed by atoms with Crippen molar-refractivity contribution in [2.45, 2.75) is 152 Å². The van der Waals surface area contributed by atoms with E-state index < -0.39 is 90.7 Å². The maximum atomic E-state index is 14.1. The van der Waals surface area contributed by atoms with Gasteiger partial charge in [0.25, 0.3) is 0 Å². The van der Waals surface area contributed by atoms with E-state index in [-0.39, 0.29) is 118 Å². The molecule has 0 spiro atoms. The first kappa shape index (κ1) is 59.0. The number of alkyl halides is 1. The van der Waals surface area contributed by atoms with Crippen LogP contribution in [-0.2, 0) is 59.1 Å². The maximum Gasteiger partial charge on any atom is 0.328 e. The number of carboxylic acids is 1. The van der Waals surface area contributed by atoms with Gasteiger partial charge in [-0.25, -0.2) is 4.79 Å². The molecule has 2 aliphatic heterocycles. The number of unbranched alkanes of at least 4 members (excludes halogenated alkanes) is 1. The highest BCUT2D eigenvalue weighted by atomic mass is 79.9. The molecule has 25 heteroatoms. The number of carboxylic acid groups (broad SMARTS) is 1. The number of phenolic OH excluding ortho intramolecular Hbond substituents is 1. The minimum atomic E-state index is -1.67. The number of nitrogens with zero attached hydrogens (tertiary/aromatic N) is 2. The molecule has 1 saturated carbocycles. The van der Waals surface area contributed by atoms with Crippen LogP contribution in [0.1, 0.15) is 115 Å². The third kappa shape index (κ3) is 21.6. The molecule has 6 atom stereocenters. The molecular weight excluding hydrogens is 1020 g/mol. The number of hydrogen-bond donors (Lipinski definition) is 11. The number of phenols is 1. The Bertz CT molecular complexity index is 2100. The van der Waals surface area contributed by atoms with Gasteiger partial charge in [-0.2, -0.15) is 0 Å². The zero-order valence-corrected chi connectivity index (χ0v) is 42.7. The lowest BCUT2D eigenvalue weighted by atomic mass is 9.92.